The van der Waals surface area contributed by atoms with Crippen LogP contribution in [-0.2, 0) is 6.54 Å². The van der Waals surface area contributed by atoms with Crippen molar-refractivity contribution in [2.24, 2.45) is 5.73 Å². The molecule has 0 bridgehead atoms. The van der Waals surface area contributed by atoms with Crippen LogP contribution in [0.4, 0.5) is 0 Å². The van der Waals surface area contributed by atoms with Gasteiger partial charge < -0.3 is 15.5 Å². The summed E-state index contributed by atoms with van der Waals surface area (Å²) < 4.78 is 6.15. The van der Waals surface area contributed by atoms with E-state index in [0.717, 1.165) is 27.4 Å². The second kappa shape index (κ2) is 5.33. The van der Waals surface area contributed by atoms with Crippen molar-refractivity contribution in [3.8, 4) is 17.1 Å². The second-order valence-corrected chi connectivity index (χ2v) is 4.27. The van der Waals surface area contributed by atoms with Gasteiger partial charge in [-0.05, 0) is 47.1 Å². The number of benzene rings is 1. The van der Waals surface area contributed by atoms with Crippen molar-refractivity contribution >= 4 is 15.9 Å². The Hall–Kier alpha value is -1.33. The maximum Gasteiger partial charge on any atom is 0.138 e. The lowest BCUT2D eigenvalue weighted by Crippen LogP contribution is -1.96. The van der Waals surface area contributed by atoms with Crippen molar-refractivity contribution in [3.05, 3.63) is 34.6 Å². The highest BCUT2D eigenvalue weighted by Gasteiger charge is 2.07. The first-order valence-corrected chi connectivity index (χ1v) is 6.21. The summed E-state index contributed by atoms with van der Waals surface area (Å²) in [6, 6.07) is 7.79. The minimum Gasteiger partial charge on any atom is -0.494 e. The molecule has 1 aromatic carbocycles. The van der Waals surface area contributed by atoms with Gasteiger partial charge in [-0.2, -0.15) is 0 Å². The first-order valence-electron chi connectivity index (χ1n) is 5.42. The van der Waals surface area contributed by atoms with E-state index in [1.54, 1.807) is 0 Å². The number of hydrogen-bond acceptors (Lipinski definition) is 3. The first kappa shape index (κ1) is 12.1. The van der Waals surface area contributed by atoms with Crippen LogP contribution in [-0.4, -0.2) is 16.6 Å². The van der Waals surface area contributed by atoms with Crippen LogP contribution < -0.4 is 10.5 Å². The number of nitrogens with one attached hydrogen (secondary N) is 1. The number of aromatic amines is 1. The number of H-pyrrole nitrogens is 1. The van der Waals surface area contributed by atoms with E-state index in [-0.39, 0.29) is 0 Å². The van der Waals surface area contributed by atoms with Crippen molar-refractivity contribution in [1.29, 1.82) is 0 Å². The molecule has 0 atom stereocenters. The molecule has 0 spiro atoms. The van der Waals surface area contributed by atoms with E-state index in [1.807, 2.05) is 31.2 Å². The number of nitrogens with zero attached hydrogens (tertiary/aromatic N) is 1. The normalized spacial score (nSPS) is 10.5. The molecule has 0 aliphatic rings. The average Bonchev–Trinajstić information content (AvgIpc) is 2.72. The summed E-state index contributed by atoms with van der Waals surface area (Å²) in [7, 11) is 0. The van der Waals surface area contributed by atoms with Gasteiger partial charge in [0.1, 0.15) is 16.2 Å². The van der Waals surface area contributed by atoms with E-state index in [0.29, 0.717) is 13.2 Å². The summed E-state index contributed by atoms with van der Waals surface area (Å²) in [6.45, 7) is 3.07. The predicted molar refractivity (Wildman–Crippen MR) is 70.8 cm³/mol. The van der Waals surface area contributed by atoms with E-state index in [2.05, 4.69) is 25.9 Å². The van der Waals surface area contributed by atoms with Gasteiger partial charge in [0.05, 0.1) is 12.3 Å². The lowest BCUT2D eigenvalue weighted by molar-refractivity contribution is 0.340. The molecule has 3 N–H and O–H groups in total. The number of nitrogens with two attached hydrogens (primary N) is 1. The summed E-state index contributed by atoms with van der Waals surface area (Å²) in [5.74, 6) is 1.67. The fourth-order valence-corrected chi connectivity index (χ4v) is 1.97. The fraction of sp³-hybridized carbons (Fsp3) is 0.250. The number of halogens is 1. The van der Waals surface area contributed by atoms with Gasteiger partial charge in [0.25, 0.3) is 0 Å². The first-order chi connectivity index (χ1) is 8.24. The van der Waals surface area contributed by atoms with Gasteiger partial charge in [-0.15, -0.1) is 0 Å². The number of ether oxygens (including phenoxy) is 1. The minimum absolute atomic E-state index is 0.435. The molecule has 0 amide bonds. The van der Waals surface area contributed by atoms with Crippen LogP contribution in [0.5, 0.6) is 5.75 Å². The summed E-state index contributed by atoms with van der Waals surface area (Å²) >= 11 is 3.37. The Morgan fingerprint density at radius 2 is 2.06 bits per heavy atom. The van der Waals surface area contributed by atoms with Crippen LogP contribution in [0.2, 0.25) is 0 Å². The quantitative estimate of drug-likeness (QED) is 0.911. The van der Waals surface area contributed by atoms with E-state index in [9.17, 15) is 0 Å². The number of imidazole rings is 1. The highest BCUT2D eigenvalue weighted by Crippen LogP contribution is 2.23. The predicted octanol–water partition coefficient (Wildman–Crippen LogP) is 2.70. The highest BCUT2D eigenvalue weighted by molar-refractivity contribution is 9.10. The molecule has 2 rings (SSSR count). The summed E-state index contributed by atoms with van der Waals surface area (Å²) in [6.07, 6.45) is 0. The molecule has 0 fully saturated rings. The zero-order chi connectivity index (χ0) is 12.3. The van der Waals surface area contributed by atoms with Crippen molar-refractivity contribution < 1.29 is 4.74 Å². The molecule has 2 aromatic rings. The highest BCUT2D eigenvalue weighted by atomic mass is 79.9. The van der Waals surface area contributed by atoms with Crippen molar-refractivity contribution in [2.45, 2.75) is 13.5 Å². The van der Waals surface area contributed by atoms with Gasteiger partial charge >= 0.3 is 0 Å². The molecule has 0 unspecified atom stereocenters. The molecule has 4 nitrogen and oxygen atoms in total. The van der Waals surface area contributed by atoms with Gasteiger partial charge in [0.15, 0.2) is 0 Å². The number of rotatable bonds is 4. The maximum absolute atomic E-state index is 5.58. The molecule has 1 heterocycles. The Kier molecular flexibility index (Phi) is 3.81. The van der Waals surface area contributed by atoms with Gasteiger partial charge in [-0.25, -0.2) is 4.98 Å². The Morgan fingerprint density at radius 3 is 2.59 bits per heavy atom. The number of aromatic nitrogens is 2. The maximum atomic E-state index is 5.58. The number of hydrogen-bond donors (Lipinski definition) is 2. The van der Waals surface area contributed by atoms with Crippen LogP contribution in [0.25, 0.3) is 11.4 Å². The molecular formula is C12H14BrN3O. The van der Waals surface area contributed by atoms with E-state index < -0.39 is 0 Å². The lowest BCUT2D eigenvalue weighted by atomic mass is 10.2. The zero-order valence-electron chi connectivity index (χ0n) is 9.53. The molecule has 0 saturated heterocycles. The van der Waals surface area contributed by atoms with Gasteiger partial charge in [0.2, 0.25) is 0 Å². The largest absolute Gasteiger partial charge is 0.494 e. The summed E-state index contributed by atoms with van der Waals surface area (Å²) in [5.41, 5.74) is 7.49. The van der Waals surface area contributed by atoms with E-state index in [4.69, 9.17) is 10.5 Å². The minimum atomic E-state index is 0.435. The summed E-state index contributed by atoms with van der Waals surface area (Å²) in [4.78, 5) is 7.54. The van der Waals surface area contributed by atoms with Crippen molar-refractivity contribution in [3.63, 3.8) is 0 Å². The topological polar surface area (TPSA) is 63.9 Å². The van der Waals surface area contributed by atoms with Gasteiger partial charge in [0, 0.05) is 12.1 Å². The van der Waals surface area contributed by atoms with Crippen LogP contribution in [0.1, 0.15) is 12.6 Å². The third kappa shape index (κ3) is 2.68. The third-order valence-electron chi connectivity index (χ3n) is 2.37. The molecule has 0 radical (unpaired) electrons. The van der Waals surface area contributed by atoms with Gasteiger partial charge in [-0.1, -0.05) is 0 Å². The molecule has 5 heteroatoms. The Labute approximate surface area is 108 Å². The summed E-state index contributed by atoms with van der Waals surface area (Å²) in [5, 5.41) is 0. The SMILES string of the molecule is CCOc1ccc(-c2nc(Br)c(CN)[nH]2)cc1. The van der Waals surface area contributed by atoms with Crippen LogP contribution in [0.15, 0.2) is 28.9 Å². The molecule has 0 saturated carbocycles. The zero-order valence-corrected chi connectivity index (χ0v) is 11.1. The lowest BCUT2D eigenvalue weighted by Gasteiger charge is -2.03. The van der Waals surface area contributed by atoms with Crippen LogP contribution in [0, 0.1) is 0 Å². The van der Waals surface area contributed by atoms with E-state index in [1.165, 1.54) is 0 Å². The molecule has 1 aromatic heterocycles. The van der Waals surface area contributed by atoms with E-state index >= 15 is 0 Å². The van der Waals surface area contributed by atoms with Crippen LogP contribution >= 0.6 is 15.9 Å². The fourth-order valence-electron chi connectivity index (χ4n) is 1.54. The second-order valence-electron chi connectivity index (χ2n) is 3.52. The Bertz CT molecular complexity index is 493. The Morgan fingerprint density at radius 1 is 1.35 bits per heavy atom. The van der Waals surface area contributed by atoms with Gasteiger partial charge in [-0.3, -0.25) is 0 Å². The molecule has 17 heavy (non-hydrogen) atoms. The van der Waals surface area contributed by atoms with Crippen molar-refractivity contribution in [2.75, 3.05) is 6.61 Å². The van der Waals surface area contributed by atoms with Crippen LogP contribution in [0.3, 0.4) is 0 Å². The Balaban J connectivity index is 2.26. The molecule has 0 aliphatic carbocycles. The monoisotopic (exact) mass is 295 g/mol. The molecule has 0 aliphatic heterocycles. The smallest absolute Gasteiger partial charge is 0.138 e. The standard InChI is InChI=1S/C12H14BrN3O/c1-2-17-9-5-3-8(4-6-9)12-15-10(7-14)11(13)16-12/h3-6H,2,7,14H2,1H3,(H,15,16). The molecule has 90 valence electrons. The average molecular weight is 296 g/mol. The van der Waals surface area contributed by atoms with Crippen molar-refractivity contribution in [1.82, 2.24) is 9.97 Å². The molecular weight excluding hydrogens is 282 g/mol. The third-order valence-corrected chi connectivity index (χ3v) is 3.03.